The van der Waals surface area contributed by atoms with E-state index in [-0.39, 0.29) is 47.5 Å². The molecule has 9 heteroatoms. The molecule has 2 bridgehead atoms. The number of amides is 2. The minimum atomic E-state index is -0.921. The molecule has 3 heterocycles. The van der Waals surface area contributed by atoms with Crippen LogP contribution in [-0.2, 0) is 16.1 Å². The van der Waals surface area contributed by atoms with Crippen molar-refractivity contribution >= 4 is 23.4 Å². The maximum Gasteiger partial charge on any atom is 0.274 e. The van der Waals surface area contributed by atoms with Crippen molar-refractivity contribution in [3.8, 4) is 0 Å². The Morgan fingerprint density at radius 1 is 1.31 bits per heavy atom. The number of hydrogen-bond acceptors (Lipinski definition) is 4. The lowest BCUT2D eigenvalue weighted by Gasteiger charge is -2.42. The van der Waals surface area contributed by atoms with Crippen LogP contribution in [0.3, 0.4) is 0 Å². The highest BCUT2D eigenvalue weighted by molar-refractivity contribution is 6.30. The van der Waals surface area contributed by atoms with Gasteiger partial charge in [-0.25, -0.2) is 8.78 Å². The molecule has 154 valence electrons. The van der Waals surface area contributed by atoms with Gasteiger partial charge in [0.1, 0.15) is 28.1 Å². The van der Waals surface area contributed by atoms with Crippen LogP contribution in [0.5, 0.6) is 0 Å². The summed E-state index contributed by atoms with van der Waals surface area (Å²) in [6.45, 7) is 1.04. The van der Waals surface area contributed by atoms with Crippen molar-refractivity contribution in [1.82, 2.24) is 15.1 Å². The Labute approximate surface area is 171 Å². The van der Waals surface area contributed by atoms with Crippen molar-refractivity contribution in [2.45, 2.75) is 38.3 Å². The second kappa shape index (κ2) is 7.67. The molecule has 0 saturated carbocycles. The number of nitrogens with one attached hydrogen (secondary N) is 1. The Hall–Kier alpha value is -2.61. The van der Waals surface area contributed by atoms with Gasteiger partial charge >= 0.3 is 0 Å². The number of carbonyl (C=O) groups excluding carboxylic acids is 2. The van der Waals surface area contributed by atoms with E-state index in [4.69, 9.17) is 11.6 Å². The largest absolute Gasteiger partial charge is 0.510 e. The molecule has 1 aromatic rings. The number of carbonyl (C=O) groups is 2. The van der Waals surface area contributed by atoms with E-state index < -0.39 is 22.6 Å². The summed E-state index contributed by atoms with van der Waals surface area (Å²) in [6, 6.07) is 2.25. The van der Waals surface area contributed by atoms with Crippen LogP contribution in [-0.4, -0.2) is 45.9 Å². The first-order chi connectivity index (χ1) is 13.9. The fraction of sp³-hybridized carbons (Fsp3) is 0.400. The molecule has 0 spiro atoms. The van der Waals surface area contributed by atoms with Crippen LogP contribution in [0.1, 0.15) is 31.2 Å². The number of halogens is 3. The lowest BCUT2D eigenvalue weighted by Crippen LogP contribution is -2.53. The number of nitrogens with zero attached hydrogens (tertiary/aromatic N) is 2. The molecule has 1 aromatic carbocycles. The second-order valence-corrected chi connectivity index (χ2v) is 7.83. The van der Waals surface area contributed by atoms with E-state index in [2.05, 4.69) is 5.32 Å². The molecular formula is C20H20ClF2N3O3. The van der Waals surface area contributed by atoms with Crippen LogP contribution < -0.4 is 5.32 Å². The maximum atomic E-state index is 14.0. The molecule has 2 saturated heterocycles. The zero-order valence-corrected chi connectivity index (χ0v) is 16.3. The second-order valence-electron chi connectivity index (χ2n) is 7.45. The molecule has 1 atom stereocenters. The summed E-state index contributed by atoms with van der Waals surface area (Å²) in [7, 11) is 0. The normalized spacial score (nSPS) is 21.6. The number of aliphatic hydroxyl groups excluding tert-OH is 1. The molecule has 3 aliphatic rings. The summed E-state index contributed by atoms with van der Waals surface area (Å²) in [4.78, 5) is 28.7. The van der Waals surface area contributed by atoms with E-state index in [1.165, 1.54) is 6.07 Å². The molecule has 0 radical (unpaired) electrons. The lowest BCUT2D eigenvalue weighted by molar-refractivity contribution is -0.132. The van der Waals surface area contributed by atoms with Crippen molar-refractivity contribution in [3.05, 3.63) is 57.6 Å². The first kappa shape index (κ1) is 19.7. The van der Waals surface area contributed by atoms with Crippen molar-refractivity contribution in [2.75, 3.05) is 13.1 Å². The molecule has 2 amide bonds. The number of allylic oxidation sites excluding steroid dienone is 1. The van der Waals surface area contributed by atoms with E-state index in [1.807, 2.05) is 0 Å². The van der Waals surface area contributed by atoms with Gasteiger partial charge in [0.05, 0.1) is 6.04 Å². The highest BCUT2D eigenvalue weighted by Gasteiger charge is 2.40. The van der Waals surface area contributed by atoms with Crippen LogP contribution in [0.2, 0.25) is 5.02 Å². The Balaban J connectivity index is 1.52. The van der Waals surface area contributed by atoms with E-state index in [0.29, 0.717) is 13.1 Å². The van der Waals surface area contributed by atoms with E-state index >= 15 is 0 Å². The number of fused-ring (bicyclic) bond motifs is 4. The Morgan fingerprint density at radius 3 is 2.90 bits per heavy atom. The number of benzene rings is 1. The van der Waals surface area contributed by atoms with Crippen molar-refractivity contribution in [1.29, 1.82) is 0 Å². The lowest BCUT2D eigenvalue weighted by atomic mass is 9.99. The molecule has 0 aromatic heterocycles. The zero-order valence-electron chi connectivity index (χ0n) is 15.6. The summed E-state index contributed by atoms with van der Waals surface area (Å²) in [5.41, 5.74) is 0.551. The van der Waals surface area contributed by atoms with Crippen LogP contribution in [0.15, 0.2) is 35.4 Å². The van der Waals surface area contributed by atoms with Crippen molar-refractivity contribution in [3.63, 3.8) is 0 Å². The monoisotopic (exact) mass is 423 g/mol. The fourth-order valence-corrected chi connectivity index (χ4v) is 4.21. The third kappa shape index (κ3) is 3.57. The number of hydrogen-bond donors (Lipinski definition) is 2. The summed E-state index contributed by atoms with van der Waals surface area (Å²) in [5.74, 6) is -2.66. The van der Waals surface area contributed by atoms with Gasteiger partial charge in [-0.05, 0) is 25.3 Å². The predicted molar refractivity (Wildman–Crippen MR) is 102 cm³/mol. The third-order valence-corrected chi connectivity index (χ3v) is 5.91. The molecular weight excluding hydrogens is 404 g/mol. The van der Waals surface area contributed by atoms with Crippen LogP contribution in [0.4, 0.5) is 8.78 Å². The van der Waals surface area contributed by atoms with Crippen LogP contribution in [0.25, 0.3) is 0 Å². The van der Waals surface area contributed by atoms with Crippen molar-refractivity contribution in [2.24, 2.45) is 0 Å². The van der Waals surface area contributed by atoms with Gasteiger partial charge in [0.25, 0.3) is 5.91 Å². The zero-order chi connectivity index (χ0) is 20.7. The molecule has 2 fully saturated rings. The molecule has 0 aliphatic carbocycles. The van der Waals surface area contributed by atoms with Crippen LogP contribution in [0, 0.1) is 11.6 Å². The molecule has 3 aliphatic heterocycles. The topological polar surface area (TPSA) is 72.9 Å². The number of rotatable bonds is 3. The molecule has 6 nitrogen and oxygen atoms in total. The number of aliphatic hydroxyl groups is 1. The maximum absolute atomic E-state index is 14.0. The molecule has 29 heavy (non-hydrogen) atoms. The average molecular weight is 424 g/mol. The Kier molecular flexibility index (Phi) is 5.21. The number of piperazine rings is 1. The highest BCUT2D eigenvalue weighted by atomic mass is 35.5. The predicted octanol–water partition coefficient (Wildman–Crippen LogP) is 2.99. The summed E-state index contributed by atoms with van der Waals surface area (Å²) < 4.78 is 27.3. The van der Waals surface area contributed by atoms with E-state index in [9.17, 15) is 23.5 Å². The summed E-state index contributed by atoms with van der Waals surface area (Å²) in [6.07, 6.45) is 4.23. The third-order valence-electron chi connectivity index (χ3n) is 5.56. The average Bonchev–Trinajstić information content (AvgIpc) is 2.93. The van der Waals surface area contributed by atoms with E-state index in [1.54, 1.807) is 16.0 Å². The summed E-state index contributed by atoms with van der Waals surface area (Å²) >= 11 is 5.56. The minimum absolute atomic E-state index is 0.00352. The SMILES string of the molecule is O=C(NCc1ccc(F)c(Cl)c1F)C1=CN2C(=C(O)C1)C(=O)N1CCCC[C@H]2C1. The van der Waals surface area contributed by atoms with Gasteiger partial charge in [-0.1, -0.05) is 17.7 Å². The van der Waals surface area contributed by atoms with Gasteiger partial charge in [-0.2, -0.15) is 0 Å². The van der Waals surface area contributed by atoms with Gasteiger partial charge in [-0.3, -0.25) is 9.59 Å². The first-order valence-corrected chi connectivity index (χ1v) is 9.85. The Bertz CT molecular complexity index is 947. The smallest absolute Gasteiger partial charge is 0.274 e. The highest BCUT2D eigenvalue weighted by Crippen LogP contribution is 2.34. The quantitative estimate of drug-likeness (QED) is 0.733. The van der Waals surface area contributed by atoms with Crippen molar-refractivity contribution < 1.29 is 23.5 Å². The minimum Gasteiger partial charge on any atom is -0.510 e. The molecule has 2 N–H and O–H groups in total. The standard InChI is InChI=1S/C20H20ClF2N3O3/c21-16-14(22)5-4-11(17(16)23)8-24-19(28)12-7-15(27)18-20(29)25-6-2-1-3-13(10-25)26(18)9-12/h4-5,9,13,27H,1-3,6-8,10H2,(H,24,28)/t13-/m0/s1. The molecule has 0 unspecified atom stereocenters. The van der Waals surface area contributed by atoms with Gasteiger partial charge in [0, 0.05) is 43.4 Å². The van der Waals surface area contributed by atoms with Gasteiger partial charge in [0.15, 0.2) is 0 Å². The van der Waals surface area contributed by atoms with E-state index in [0.717, 1.165) is 25.3 Å². The van der Waals surface area contributed by atoms with Gasteiger partial charge in [0.2, 0.25) is 5.91 Å². The summed E-state index contributed by atoms with van der Waals surface area (Å²) in [5, 5.41) is 12.4. The van der Waals surface area contributed by atoms with Gasteiger partial charge in [-0.15, -0.1) is 0 Å². The molecule has 4 rings (SSSR count). The Morgan fingerprint density at radius 2 is 2.10 bits per heavy atom. The first-order valence-electron chi connectivity index (χ1n) is 9.47. The van der Waals surface area contributed by atoms with Crippen LogP contribution >= 0.6 is 11.6 Å². The van der Waals surface area contributed by atoms with Gasteiger partial charge < -0.3 is 20.2 Å². The fourth-order valence-electron chi connectivity index (χ4n) is 4.02.